The van der Waals surface area contributed by atoms with Crippen LogP contribution in [0.2, 0.25) is 0 Å². The van der Waals surface area contributed by atoms with Crippen LogP contribution in [-0.4, -0.2) is 19.7 Å². The number of para-hydroxylation sites is 2. The summed E-state index contributed by atoms with van der Waals surface area (Å²) in [4.78, 5) is 9.03. The molecule has 2 aromatic carbocycles. The summed E-state index contributed by atoms with van der Waals surface area (Å²) in [7, 11) is 0. The molecule has 0 fully saturated rings. The second-order valence-corrected chi connectivity index (χ2v) is 5.36. The number of hydrogen-bond acceptors (Lipinski definition) is 5. The van der Waals surface area contributed by atoms with Crippen molar-refractivity contribution in [2.24, 2.45) is 0 Å². The molecule has 0 saturated carbocycles. The molecule has 0 radical (unpaired) electrons. The Morgan fingerprint density at radius 1 is 0.833 bits per heavy atom. The van der Waals surface area contributed by atoms with Crippen LogP contribution in [0.3, 0.4) is 0 Å². The van der Waals surface area contributed by atoms with Gasteiger partial charge in [0.1, 0.15) is 5.82 Å². The van der Waals surface area contributed by atoms with Crippen molar-refractivity contribution in [2.75, 3.05) is 10.9 Å². The first-order valence-corrected chi connectivity index (χ1v) is 7.66. The lowest BCUT2D eigenvalue weighted by Gasteiger charge is -2.10. The van der Waals surface area contributed by atoms with Crippen molar-refractivity contribution >= 4 is 22.5 Å². The van der Waals surface area contributed by atoms with Gasteiger partial charge in [-0.05, 0) is 31.2 Å². The molecule has 0 spiro atoms. The number of hydrazine groups is 1. The number of fused-ring (bicyclic) bond motifs is 1. The van der Waals surface area contributed by atoms with E-state index in [4.69, 9.17) is 0 Å². The molecule has 0 aliphatic carbocycles. The van der Waals surface area contributed by atoms with Crippen LogP contribution >= 0.6 is 0 Å². The number of anilines is 2. The lowest BCUT2D eigenvalue weighted by Crippen LogP contribution is -2.11. The van der Waals surface area contributed by atoms with Crippen molar-refractivity contribution in [3.63, 3.8) is 0 Å². The molecular formula is C18H16N6. The molecule has 2 heterocycles. The smallest absolute Gasteiger partial charge is 0.168 e. The van der Waals surface area contributed by atoms with Gasteiger partial charge in [0.05, 0.1) is 23.0 Å². The van der Waals surface area contributed by atoms with Gasteiger partial charge in [-0.25, -0.2) is 14.6 Å². The molecule has 118 valence electrons. The molecule has 2 N–H and O–H groups in total. The Balaban J connectivity index is 1.73. The van der Waals surface area contributed by atoms with Gasteiger partial charge in [-0.15, -0.1) is 0 Å². The van der Waals surface area contributed by atoms with Gasteiger partial charge in [0.15, 0.2) is 11.5 Å². The lowest BCUT2D eigenvalue weighted by atomic mass is 10.3. The zero-order valence-corrected chi connectivity index (χ0v) is 13.1. The minimum absolute atomic E-state index is 0.678. The van der Waals surface area contributed by atoms with E-state index in [1.54, 1.807) is 6.20 Å². The molecule has 0 bridgehead atoms. The van der Waals surface area contributed by atoms with Crippen molar-refractivity contribution < 1.29 is 0 Å². The third-order valence-electron chi connectivity index (χ3n) is 3.64. The van der Waals surface area contributed by atoms with Gasteiger partial charge >= 0.3 is 0 Å². The number of hydrogen-bond donors (Lipinski definition) is 2. The molecular weight excluding hydrogens is 300 g/mol. The van der Waals surface area contributed by atoms with Crippen molar-refractivity contribution in [3.8, 4) is 5.69 Å². The molecule has 6 heteroatoms. The predicted molar refractivity (Wildman–Crippen MR) is 95.1 cm³/mol. The molecule has 0 aliphatic heterocycles. The number of aromatic nitrogens is 4. The van der Waals surface area contributed by atoms with Gasteiger partial charge in [0, 0.05) is 0 Å². The molecule has 0 aliphatic rings. The fraction of sp³-hybridized carbons (Fsp3) is 0.0556. The molecule has 2 aromatic heterocycles. The summed E-state index contributed by atoms with van der Waals surface area (Å²) in [5.41, 5.74) is 9.00. The first-order valence-electron chi connectivity index (χ1n) is 7.66. The van der Waals surface area contributed by atoms with E-state index in [1.165, 1.54) is 0 Å². The Hall–Kier alpha value is -3.41. The highest BCUT2D eigenvalue weighted by Gasteiger charge is 2.12. The van der Waals surface area contributed by atoms with Crippen LogP contribution in [0.1, 0.15) is 5.82 Å². The Labute approximate surface area is 139 Å². The highest BCUT2D eigenvalue weighted by molar-refractivity contribution is 5.87. The van der Waals surface area contributed by atoms with Crippen molar-refractivity contribution in [1.82, 2.24) is 19.7 Å². The number of rotatable bonds is 4. The van der Waals surface area contributed by atoms with E-state index in [0.29, 0.717) is 11.6 Å². The summed E-state index contributed by atoms with van der Waals surface area (Å²) >= 11 is 0. The van der Waals surface area contributed by atoms with E-state index in [-0.39, 0.29) is 0 Å². The van der Waals surface area contributed by atoms with E-state index in [1.807, 2.05) is 72.3 Å². The first-order chi connectivity index (χ1) is 11.8. The maximum atomic E-state index is 4.55. The van der Waals surface area contributed by atoms with Gasteiger partial charge in [-0.3, -0.25) is 10.9 Å². The van der Waals surface area contributed by atoms with Crippen LogP contribution < -0.4 is 10.9 Å². The third kappa shape index (κ3) is 2.65. The van der Waals surface area contributed by atoms with Crippen molar-refractivity contribution in [2.45, 2.75) is 6.92 Å². The van der Waals surface area contributed by atoms with E-state index in [0.717, 1.165) is 22.4 Å². The van der Waals surface area contributed by atoms with Gasteiger partial charge in [-0.1, -0.05) is 36.4 Å². The van der Waals surface area contributed by atoms with E-state index >= 15 is 0 Å². The lowest BCUT2D eigenvalue weighted by molar-refractivity contribution is 0.890. The molecule has 0 unspecified atom stereocenters. The quantitative estimate of drug-likeness (QED) is 0.563. The van der Waals surface area contributed by atoms with Gasteiger partial charge in [0.25, 0.3) is 0 Å². The monoisotopic (exact) mass is 316 g/mol. The van der Waals surface area contributed by atoms with Crippen molar-refractivity contribution in [3.05, 3.63) is 72.7 Å². The summed E-state index contributed by atoms with van der Waals surface area (Å²) in [6.45, 7) is 1.87. The largest absolute Gasteiger partial charge is 0.300 e. The average Bonchev–Trinajstić information content (AvgIpc) is 3.05. The summed E-state index contributed by atoms with van der Waals surface area (Å²) in [6.07, 6.45) is 1.77. The van der Waals surface area contributed by atoms with E-state index < -0.39 is 0 Å². The maximum absolute atomic E-state index is 4.55. The summed E-state index contributed by atoms with van der Waals surface area (Å²) in [5, 5.41) is 5.32. The van der Waals surface area contributed by atoms with Crippen LogP contribution in [0.15, 0.2) is 66.9 Å². The molecule has 4 rings (SSSR count). The second-order valence-electron chi connectivity index (χ2n) is 5.36. The second kappa shape index (κ2) is 6.00. The number of nitrogens with one attached hydrogen (secondary N) is 2. The molecule has 0 amide bonds. The molecule has 4 aromatic rings. The van der Waals surface area contributed by atoms with Crippen LogP contribution in [0.5, 0.6) is 0 Å². The van der Waals surface area contributed by atoms with Crippen LogP contribution in [0, 0.1) is 6.92 Å². The Morgan fingerprint density at radius 2 is 1.54 bits per heavy atom. The molecule has 6 nitrogen and oxygen atoms in total. The molecule has 0 saturated heterocycles. The third-order valence-corrected chi connectivity index (χ3v) is 3.64. The van der Waals surface area contributed by atoms with Crippen molar-refractivity contribution in [1.29, 1.82) is 0 Å². The Kier molecular flexibility index (Phi) is 3.55. The first kappa shape index (κ1) is 14.2. The highest BCUT2D eigenvalue weighted by atomic mass is 15.4. The minimum Gasteiger partial charge on any atom is -0.300 e. The minimum atomic E-state index is 0.678. The maximum Gasteiger partial charge on any atom is 0.168 e. The summed E-state index contributed by atoms with van der Waals surface area (Å²) in [5.74, 6) is 1.38. The number of nitrogens with zero attached hydrogens (tertiary/aromatic N) is 4. The predicted octanol–water partition coefficient (Wildman–Crippen LogP) is 3.56. The van der Waals surface area contributed by atoms with Gasteiger partial charge in [-0.2, -0.15) is 5.10 Å². The summed E-state index contributed by atoms with van der Waals surface area (Å²) in [6, 6.07) is 19.8. The number of aryl methyl sites for hydroxylation is 1. The van der Waals surface area contributed by atoms with E-state index in [2.05, 4.69) is 25.9 Å². The van der Waals surface area contributed by atoms with Gasteiger partial charge in [0.2, 0.25) is 0 Å². The topological polar surface area (TPSA) is 67.7 Å². The standard InChI is InChI=1S/C18H16N6/c1-13-20-17(23-22-14-8-4-2-5-9-14)16-12-19-24(18(16)21-13)15-10-6-3-7-11-15/h2-12,22H,1H3,(H,20,21,23). The average molecular weight is 316 g/mol. The fourth-order valence-electron chi connectivity index (χ4n) is 2.52. The molecule has 0 atom stereocenters. The molecule has 24 heavy (non-hydrogen) atoms. The zero-order chi connectivity index (χ0) is 16.4. The SMILES string of the molecule is Cc1nc(NNc2ccccc2)c2cnn(-c3ccccc3)c2n1. The summed E-state index contributed by atoms with van der Waals surface area (Å²) < 4.78 is 1.82. The van der Waals surface area contributed by atoms with Gasteiger partial charge < -0.3 is 0 Å². The fourth-order valence-corrected chi connectivity index (χ4v) is 2.52. The van der Waals surface area contributed by atoms with E-state index in [9.17, 15) is 0 Å². The Morgan fingerprint density at radius 3 is 2.29 bits per heavy atom. The normalized spacial score (nSPS) is 10.7. The van der Waals surface area contributed by atoms with Crippen LogP contribution in [-0.2, 0) is 0 Å². The Bertz CT molecular complexity index is 963. The zero-order valence-electron chi connectivity index (χ0n) is 13.1. The highest BCUT2D eigenvalue weighted by Crippen LogP contribution is 2.22. The number of benzene rings is 2. The van der Waals surface area contributed by atoms with Crippen LogP contribution in [0.25, 0.3) is 16.7 Å². The van der Waals surface area contributed by atoms with Crippen LogP contribution in [0.4, 0.5) is 11.5 Å².